The Morgan fingerprint density at radius 1 is 1.35 bits per heavy atom. The topological polar surface area (TPSA) is 104 Å². The van der Waals surface area contributed by atoms with Gasteiger partial charge in [-0.2, -0.15) is 5.10 Å². The van der Waals surface area contributed by atoms with Crippen molar-refractivity contribution in [3.05, 3.63) is 35.5 Å². The molecule has 3 rings (SSSR count). The number of nitrogens with one attached hydrogen (secondary N) is 2. The minimum atomic E-state index is -0.350. The second kappa shape index (κ2) is 8.33. The molecule has 0 fully saturated rings. The maximum Gasteiger partial charge on any atom is 0.275 e. The molecule has 26 heavy (non-hydrogen) atoms. The number of benzene rings is 1. The lowest BCUT2D eigenvalue weighted by molar-refractivity contribution is 0.102. The van der Waals surface area contributed by atoms with Gasteiger partial charge in [0.05, 0.1) is 5.69 Å². The van der Waals surface area contributed by atoms with Crippen molar-refractivity contribution in [1.29, 1.82) is 0 Å². The van der Waals surface area contributed by atoms with E-state index in [2.05, 4.69) is 32.6 Å². The zero-order valence-corrected chi connectivity index (χ0v) is 16.1. The fourth-order valence-corrected chi connectivity index (χ4v) is 4.12. The first-order valence-electron chi connectivity index (χ1n) is 8.20. The Morgan fingerprint density at radius 2 is 2.19 bits per heavy atom. The van der Waals surface area contributed by atoms with Gasteiger partial charge in [0.15, 0.2) is 4.34 Å². The minimum absolute atomic E-state index is 0.118. The number of hydrogen-bond donors (Lipinski definition) is 3. The molecule has 1 amide bonds. The summed E-state index contributed by atoms with van der Waals surface area (Å²) in [5, 5.41) is 28.0. The second-order valence-electron chi connectivity index (χ2n) is 5.72. The average Bonchev–Trinajstić information content (AvgIpc) is 3.27. The number of rotatable bonds is 7. The summed E-state index contributed by atoms with van der Waals surface area (Å²) in [5.74, 6) is 0.757. The molecule has 0 radical (unpaired) electrons. The Balaban J connectivity index is 1.68. The van der Waals surface area contributed by atoms with Gasteiger partial charge in [0.25, 0.3) is 5.91 Å². The average molecular weight is 390 g/mol. The highest BCUT2D eigenvalue weighted by Crippen LogP contribution is 2.29. The first-order chi connectivity index (χ1) is 12.6. The van der Waals surface area contributed by atoms with Crippen molar-refractivity contribution in [1.82, 2.24) is 20.4 Å². The molecular weight excluding hydrogens is 370 g/mol. The first-order valence-corrected chi connectivity index (χ1v) is 10.00. The van der Waals surface area contributed by atoms with E-state index in [1.165, 1.54) is 11.3 Å². The van der Waals surface area contributed by atoms with Crippen LogP contribution in [0.4, 0.5) is 5.13 Å². The third-order valence-electron chi connectivity index (χ3n) is 3.60. The highest BCUT2D eigenvalue weighted by Gasteiger charge is 2.15. The quantitative estimate of drug-likeness (QED) is 0.319. The van der Waals surface area contributed by atoms with E-state index in [1.807, 2.05) is 19.1 Å². The second-order valence-corrected chi connectivity index (χ2v) is 8.04. The molecule has 0 spiro atoms. The fraction of sp³-hybridized carbons (Fsp3) is 0.294. The van der Waals surface area contributed by atoms with Crippen LogP contribution in [-0.4, -0.2) is 37.2 Å². The van der Waals surface area contributed by atoms with Gasteiger partial charge < -0.3 is 5.11 Å². The number of anilines is 1. The Labute approximate surface area is 159 Å². The Bertz CT molecular complexity index is 906. The maximum absolute atomic E-state index is 12.4. The summed E-state index contributed by atoms with van der Waals surface area (Å²) >= 11 is 2.99. The van der Waals surface area contributed by atoms with Gasteiger partial charge in [0.1, 0.15) is 11.4 Å². The monoisotopic (exact) mass is 389 g/mol. The highest BCUT2D eigenvalue weighted by molar-refractivity contribution is 8.01. The van der Waals surface area contributed by atoms with Crippen LogP contribution in [0.3, 0.4) is 0 Å². The fourth-order valence-electron chi connectivity index (χ4n) is 2.22. The van der Waals surface area contributed by atoms with Crippen LogP contribution in [0.15, 0.2) is 28.6 Å². The summed E-state index contributed by atoms with van der Waals surface area (Å²) in [7, 11) is 0. The van der Waals surface area contributed by atoms with E-state index in [9.17, 15) is 9.90 Å². The van der Waals surface area contributed by atoms with Crippen LogP contribution in [0.1, 0.15) is 35.8 Å². The summed E-state index contributed by atoms with van der Waals surface area (Å²) < 4.78 is 0.837. The SMILES string of the molecule is CCCCSc1nnc(NC(=O)c2cc(-c3cc(C)ccc3O)n[nH]2)s1. The molecule has 0 aliphatic carbocycles. The van der Waals surface area contributed by atoms with E-state index >= 15 is 0 Å². The normalized spacial score (nSPS) is 10.8. The summed E-state index contributed by atoms with van der Waals surface area (Å²) in [6.07, 6.45) is 2.25. The van der Waals surface area contributed by atoms with Crippen LogP contribution < -0.4 is 5.32 Å². The molecule has 0 atom stereocenters. The van der Waals surface area contributed by atoms with E-state index in [0.29, 0.717) is 16.4 Å². The van der Waals surface area contributed by atoms with Crippen LogP contribution in [-0.2, 0) is 0 Å². The molecule has 0 aliphatic heterocycles. The van der Waals surface area contributed by atoms with Crippen molar-refractivity contribution >= 4 is 34.1 Å². The zero-order chi connectivity index (χ0) is 18.5. The number of aromatic nitrogens is 4. The molecule has 0 bridgehead atoms. The number of carbonyl (C=O) groups is 1. The van der Waals surface area contributed by atoms with Crippen LogP contribution in [0.25, 0.3) is 11.3 Å². The number of aromatic hydroxyl groups is 1. The number of carbonyl (C=O) groups excluding carboxylic acids is 1. The number of unbranched alkanes of at least 4 members (excludes halogenated alkanes) is 1. The predicted molar refractivity (Wildman–Crippen MR) is 104 cm³/mol. The smallest absolute Gasteiger partial charge is 0.275 e. The Morgan fingerprint density at radius 3 is 3.00 bits per heavy atom. The number of thioether (sulfide) groups is 1. The van der Waals surface area contributed by atoms with Crippen molar-refractivity contribution in [3.8, 4) is 17.0 Å². The zero-order valence-electron chi connectivity index (χ0n) is 14.4. The summed E-state index contributed by atoms with van der Waals surface area (Å²) in [5.41, 5.74) is 2.36. The molecule has 3 aromatic rings. The maximum atomic E-state index is 12.4. The molecule has 0 aliphatic rings. The van der Waals surface area contributed by atoms with Crippen molar-refractivity contribution in [3.63, 3.8) is 0 Å². The van der Waals surface area contributed by atoms with Gasteiger partial charge in [-0.25, -0.2) is 0 Å². The van der Waals surface area contributed by atoms with Crippen molar-refractivity contribution < 1.29 is 9.90 Å². The number of H-pyrrole nitrogens is 1. The molecule has 0 saturated heterocycles. The van der Waals surface area contributed by atoms with Crippen LogP contribution in [0.5, 0.6) is 5.75 Å². The number of aromatic amines is 1. The number of aryl methyl sites for hydroxylation is 1. The van der Waals surface area contributed by atoms with Crippen LogP contribution in [0, 0.1) is 6.92 Å². The lowest BCUT2D eigenvalue weighted by atomic mass is 10.1. The number of amides is 1. The van der Waals surface area contributed by atoms with Crippen LogP contribution in [0.2, 0.25) is 0 Å². The van der Waals surface area contributed by atoms with Gasteiger partial charge >= 0.3 is 0 Å². The van der Waals surface area contributed by atoms with Gasteiger partial charge in [0, 0.05) is 11.3 Å². The van der Waals surface area contributed by atoms with E-state index in [0.717, 1.165) is 28.5 Å². The van der Waals surface area contributed by atoms with E-state index in [4.69, 9.17) is 0 Å². The molecule has 2 heterocycles. The van der Waals surface area contributed by atoms with Gasteiger partial charge in [-0.15, -0.1) is 10.2 Å². The molecule has 9 heteroatoms. The predicted octanol–water partition coefficient (Wildman–Crippen LogP) is 4.09. The van der Waals surface area contributed by atoms with E-state index in [-0.39, 0.29) is 17.4 Å². The Kier molecular flexibility index (Phi) is 5.89. The molecular formula is C17H19N5O2S2. The highest BCUT2D eigenvalue weighted by atomic mass is 32.2. The summed E-state index contributed by atoms with van der Waals surface area (Å²) in [6, 6.07) is 6.84. The third-order valence-corrected chi connectivity index (χ3v) is 5.66. The molecule has 2 aromatic heterocycles. The molecule has 1 aromatic carbocycles. The molecule has 0 unspecified atom stereocenters. The molecule has 136 valence electrons. The largest absolute Gasteiger partial charge is 0.507 e. The van der Waals surface area contributed by atoms with Crippen molar-refractivity contribution in [2.45, 2.75) is 31.0 Å². The minimum Gasteiger partial charge on any atom is -0.507 e. The van der Waals surface area contributed by atoms with Crippen molar-refractivity contribution in [2.24, 2.45) is 0 Å². The number of phenols is 1. The Hall–Kier alpha value is -2.39. The van der Waals surface area contributed by atoms with E-state index in [1.54, 1.807) is 23.9 Å². The lowest BCUT2D eigenvalue weighted by Crippen LogP contribution is -2.12. The number of phenolic OH excluding ortho intramolecular Hbond substituents is 1. The van der Waals surface area contributed by atoms with Gasteiger partial charge in [0.2, 0.25) is 5.13 Å². The lowest BCUT2D eigenvalue weighted by Gasteiger charge is -2.01. The third kappa shape index (κ3) is 4.41. The molecule has 7 nitrogen and oxygen atoms in total. The van der Waals surface area contributed by atoms with Gasteiger partial charge in [-0.05, 0) is 31.5 Å². The first kappa shape index (κ1) is 18.4. The van der Waals surface area contributed by atoms with Gasteiger partial charge in [-0.3, -0.25) is 15.2 Å². The van der Waals surface area contributed by atoms with E-state index < -0.39 is 0 Å². The summed E-state index contributed by atoms with van der Waals surface area (Å²) in [6.45, 7) is 4.07. The van der Waals surface area contributed by atoms with Crippen molar-refractivity contribution in [2.75, 3.05) is 11.1 Å². The molecule has 0 saturated carbocycles. The van der Waals surface area contributed by atoms with Crippen LogP contribution >= 0.6 is 23.1 Å². The number of hydrogen-bond acceptors (Lipinski definition) is 7. The molecule has 3 N–H and O–H groups in total. The number of nitrogens with zero attached hydrogens (tertiary/aromatic N) is 3. The summed E-state index contributed by atoms with van der Waals surface area (Å²) in [4.78, 5) is 12.4. The standard InChI is InChI=1S/C17H19N5O2S2/c1-3-4-7-25-17-22-21-16(26-17)18-15(24)13-9-12(19-20-13)11-8-10(2)5-6-14(11)23/h5-6,8-9,23H,3-4,7H2,1-2H3,(H,19,20)(H,18,21,24). The van der Waals surface area contributed by atoms with Gasteiger partial charge in [-0.1, -0.05) is 48.1 Å².